The van der Waals surface area contributed by atoms with Crippen LogP contribution in [-0.2, 0) is 0 Å². The summed E-state index contributed by atoms with van der Waals surface area (Å²) >= 11 is 0. The van der Waals surface area contributed by atoms with Crippen LogP contribution >= 0.6 is 12.4 Å². The van der Waals surface area contributed by atoms with Crippen molar-refractivity contribution < 1.29 is 32.1 Å². The maximum Gasteiger partial charge on any atom is 0.573 e. The Balaban J connectivity index is 0.00000338. The maximum atomic E-state index is 12.2. The normalized spacial score (nSPS) is 12.0. The van der Waals surface area contributed by atoms with Crippen LogP contribution in [0.4, 0.5) is 13.2 Å². The molecule has 0 aliphatic carbocycles. The number of nitrogens with two attached hydrogens (primary N) is 1. The molecule has 26 heavy (non-hydrogen) atoms. The summed E-state index contributed by atoms with van der Waals surface area (Å²) in [7, 11) is 4.45. The minimum Gasteiger partial charge on any atom is -0.493 e. The van der Waals surface area contributed by atoms with Crippen molar-refractivity contribution in [3.63, 3.8) is 0 Å². The zero-order chi connectivity index (χ0) is 18.6. The van der Waals surface area contributed by atoms with Gasteiger partial charge in [0.1, 0.15) is 5.75 Å². The largest absolute Gasteiger partial charge is 0.573 e. The van der Waals surface area contributed by atoms with E-state index in [0.717, 1.165) is 0 Å². The first-order chi connectivity index (χ1) is 11.8. The Kier molecular flexibility index (Phi) is 7.41. The molecular formula is C17H19ClF3NO4. The van der Waals surface area contributed by atoms with E-state index in [0.29, 0.717) is 28.4 Å². The van der Waals surface area contributed by atoms with Crippen LogP contribution < -0.4 is 24.7 Å². The van der Waals surface area contributed by atoms with Crippen LogP contribution in [-0.4, -0.2) is 27.7 Å². The Morgan fingerprint density at radius 3 is 1.73 bits per heavy atom. The van der Waals surface area contributed by atoms with Gasteiger partial charge in [-0.05, 0) is 35.4 Å². The lowest BCUT2D eigenvalue weighted by molar-refractivity contribution is -0.274. The van der Waals surface area contributed by atoms with Crippen molar-refractivity contribution in [3.05, 3.63) is 47.5 Å². The number of ether oxygens (including phenoxy) is 4. The summed E-state index contributed by atoms with van der Waals surface area (Å²) in [6.45, 7) is 0. The highest BCUT2D eigenvalue weighted by atomic mass is 35.5. The van der Waals surface area contributed by atoms with E-state index in [-0.39, 0.29) is 18.2 Å². The first-order valence-corrected chi connectivity index (χ1v) is 7.20. The summed E-state index contributed by atoms with van der Waals surface area (Å²) in [6.07, 6.45) is -4.74. The van der Waals surface area contributed by atoms with Crippen molar-refractivity contribution in [3.8, 4) is 23.0 Å². The Morgan fingerprint density at radius 1 is 0.846 bits per heavy atom. The van der Waals surface area contributed by atoms with Gasteiger partial charge in [-0.1, -0.05) is 12.1 Å². The number of alkyl halides is 3. The third-order valence-corrected chi connectivity index (χ3v) is 3.52. The van der Waals surface area contributed by atoms with Crippen LogP contribution in [0.1, 0.15) is 17.2 Å². The molecule has 9 heteroatoms. The SMILES string of the molecule is COc1cc([C@H](N)c2ccc(OC(F)(F)F)cc2)cc(OC)c1OC.Cl. The van der Waals surface area contributed by atoms with Gasteiger partial charge in [-0.2, -0.15) is 0 Å². The van der Waals surface area contributed by atoms with Crippen LogP contribution in [0.25, 0.3) is 0 Å². The molecule has 2 aromatic carbocycles. The van der Waals surface area contributed by atoms with Crippen LogP contribution in [0.2, 0.25) is 0 Å². The van der Waals surface area contributed by atoms with Gasteiger partial charge in [0.2, 0.25) is 5.75 Å². The second kappa shape index (κ2) is 8.86. The maximum absolute atomic E-state index is 12.2. The summed E-state index contributed by atoms with van der Waals surface area (Å²) in [5.41, 5.74) is 7.47. The zero-order valence-electron chi connectivity index (χ0n) is 14.3. The van der Waals surface area contributed by atoms with Gasteiger partial charge < -0.3 is 24.7 Å². The van der Waals surface area contributed by atoms with E-state index in [1.165, 1.54) is 45.6 Å². The predicted octanol–water partition coefficient (Wildman–Crippen LogP) is 4.08. The molecule has 5 nitrogen and oxygen atoms in total. The third-order valence-electron chi connectivity index (χ3n) is 3.52. The smallest absolute Gasteiger partial charge is 0.493 e. The molecule has 2 rings (SSSR count). The molecule has 0 aliphatic rings. The summed E-state index contributed by atoms with van der Waals surface area (Å²) < 4.78 is 56.3. The van der Waals surface area contributed by atoms with Crippen molar-refractivity contribution in [2.45, 2.75) is 12.4 Å². The summed E-state index contributed by atoms with van der Waals surface area (Å²) in [5.74, 6) is 0.983. The molecule has 0 fully saturated rings. The van der Waals surface area contributed by atoms with E-state index in [1.807, 2.05) is 0 Å². The zero-order valence-corrected chi connectivity index (χ0v) is 15.1. The van der Waals surface area contributed by atoms with E-state index in [2.05, 4.69) is 4.74 Å². The molecule has 0 bridgehead atoms. The second-order valence-corrected chi connectivity index (χ2v) is 5.05. The number of methoxy groups -OCH3 is 3. The molecule has 144 valence electrons. The van der Waals surface area contributed by atoms with Crippen molar-refractivity contribution in [1.82, 2.24) is 0 Å². The Morgan fingerprint density at radius 2 is 1.35 bits per heavy atom. The first kappa shape index (κ1) is 21.7. The Bertz CT molecular complexity index is 698. The van der Waals surface area contributed by atoms with Gasteiger partial charge in [-0.3, -0.25) is 0 Å². The van der Waals surface area contributed by atoms with Crippen LogP contribution in [0.3, 0.4) is 0 Å². The van der Waals surface area contributed by atoms with Gasteiger partial charge in [0, 0.05) is 0 Å². The monoisotopic (exact) mass is 393 g/mol. The van der Waals surface area contributed by atoms with E-state index in [1.54, 1.807) is 12.1 Å². The minimum absolute atomic E-state index is 0. The van der Waals surface area contributed by atoms with Gasteiger partial charge in [-0.25, -0.2) is 0 Å². The lowest BCUT2D eigenvalue weighted by Crippen LogP contribution is -2.17. The van der Waals surface area contributed by atoms with E-state index in [4.69, 9.17) is 19.9 Å². The molecule has 0 aromatic heterocycles. The van der Waals surface area contributed by atoms with E-state index >= 15 is 0 Å². The van der Waals surface area contributed by atoms with Gasteiger partial charge in [0.25, 0.3) is 0 Å². The van der Waals surface area contributed by atoms with E-state index < -0.39 is 12.4 Å². The average Bonchev–Trinajstić information content (AvgIpc) is 2.59. The minimum atomic E-state index is -4.74. The predicted molar refractivity (Wildman–Crippen MR) is 92.5 cm³/mol. The molecule has 0 radical (unpaired) electrons. The molecule has 2 aromatic rings. The van der Waals surface area contributed by atoms with Crippen LogP contribution in [0, 0.1) is 0 Å². The number of halogens is 4. The molecule has 0 amide bonds. The second-order valence-electron chi connectivity index (χ2n) is 5.05. The highest BCUT2D eigenvalue weighted by Crippen LogP contribution is 2.40. The Labute approximate surface area is 155 Å². The first-order valence-electron chi connectivity index (χ1n) is 7.20. The summed E-state index contributed by atoms with van der Waals surface area (Å²) in [4.78, 5) is 0. The fourth-order valence-electron chi connectivity index (χ4n) is 2.35. The van der Waals surface area contributed by atoms with Crippen molar-refractivity contribution in [2.24, 2.45) is 5.73 Å². The van der Waals surface area contributed by atoms with Crippen molar-refractivity contribution in [2.75, 3.05) is 21.3 Å². The summed E-state index contributed by atoms with van der Waals surface area (Å²) in [5, 5.41) is 0. The van der Waals surface area contributed by atoms with Crippen LogP contribution in [0.15, 0.2) is 36.4 Å². The third kappa shape index (κ3) is 5.09. The number of rotatable bonds is 6. The van der Waals surface area contributed by atoms with Crippen LogP contribution in [0.5, 0.6) is 23.0 Å². The molecule has 2 N–H and O–H groups in total. The number of benzene rings is 2. The fourth-order valence-corrected chi connectivity index (χ4v) is 2.35. The average molecular weight is 394 g/mol. The summed E-state index contributed by atoms with van der Waals surface area (Å²) in [6, 6.07) is 8.12. The van der Waals surface area contributed by atoms with Crippen molar-refractivity contribution >= 4 is 12.4 Å². The lowest BCUT2D eigenvalue weighted by Gasteiger charge is -2.18. The highest BCUT2D eigenvalue weighted by molar-refractivity contribution is 5.85. The molecule has 1 atom stereocenters. The molecule has 0 saturated heterocycles. The highest BCUT2D eigenvalue weighted by Gasteiger charge is 2.31. The molecule has 0 unspecified atom stereocenters. The van der Waals surface area contributed by atoms with Gasteiger partial charge >= 0.3 is 6.36 Å². The number of hydrogen-bond acceptors (Lipinski definition) is 5. The Hall–Kier alpha value is -2.32. The van der Waals surface area contributed by atoms with Crippen molar-refractivity contribution in [1.29, 1.82) is 0 Å². The van der Waals surface area contributed by atoms with Gasteiger partial charge in [0.05, 0.1) is 27.4 Å². The van der Waals surface area contributed by atoms with E-state index in [9.17, 15) is 13.2 Å². The lowest BCUT2D eigenvalue weighted by atomic mass is 9.98. The fraction of sp³-hybridized carbons (Fsp3) is 0.294. The molecule has 0 heterocycles. The quantitative estimate of drug-likeness (QED) is 0.801. The molecule has 0 saturated carbocycles. The standard InChI is InChI=1S/C17H18F3NO4.ClH/c1-22-13-8-11(9-14(23-2)16(13)24-3)15(21)10-4-6-12(7-5-10)25-17(18,19)20;/h4-9,15H,21H2,1-3H3;1H/t15-;/m1./s1. The van der Waals surface area contributed by atoms with Gasteiger partial charge in [-0.15, -0.1) is 25.6 Å². The molecule has 0 aliphatic heterocycles. The molecular weight excluding hydrogens is 375 g/mol. The topological polar surface area (TPSA) is 62.9 Å². The molecule has 0 spiro atoms. The number of hydrogen-bond donors (Lipinski definition) is 1. The van der Waals surface area contributed by atoms with Gasteiger partial charge in [0.15, 0.2) is 11.5 Å².